The van der Waals surface area contributed by atoms with Crippen molar-refractivity contribution < 1.29 is 22.8 Å². The second-order valence-corrected chi connectivity index (χ2v) is 8.16. The summed E-state index contributed by atoms with van der Waals surface area (Å²) in [5.41, 5.74) is 0.806. The van der Waals surface area contributed by atoms with E-state index in [1.165, 1.54) is 11.5 Å². The first kappa shape index (κ1) is 16.9. The summed E-state index contributed by atoms with van der Waals surface area (Å²) in [7, 11) is -2.07. The molecule has 0 radical (unpaired) electrons. The van der Waals surface area contributed by atoms with Crippen molar-refractivity contribution in [2.75, 3.05) is 12.4 Å². The van der Waals surface area contributed by atoms with Crippen LogP contribution in [0.15, 0.2) is 10.2 Å². The third kappa shape index (κ3) is 2.92. The first-order valence-corrected chi connectivity index (χ1v) is 9.73. The Hall–Kier alpha value is -1.90. The molecule has 132 valence electrons. The number of carbonyl (C=O) groups is 1. The van der Waals surface area contributed by atoms with Crippen molar-refractivity contribution in [3.8, 4) is 0 Å². The molecule has 0 aromatic carbocycles. The van der Waals surface area contributed by atoms with Crippen molar-refractivity contribution in [1.29, 1.82) is 0 Å². The fourth-order valence-electron chi connectivity index (χ4n) is 2.81. The highest BCUT2D eigenvalue weighted by molar-refractivity contribution is 7.91. The minimum atomic E-state index is -3.64. The van der Waals surface area contributed by atoms with E-state index < -0.39 is 21.9 Å². The van der Waals surface area contributed by atoms with E-state index in [4.69, 9.17) is 9.57 Å². The minimum absolute atomic E-state index is 0.123. The number of hydrogen-bond donors (Lipinski definition) is 0. The van der Waals surface area contributed by atoms with Crippen LogP contribution >= 0.6 is 0 Å². The topological polar surface area (TPSA) is 99.8 Å². The van der Waals surface area contributed by atoms with Crippen molar-refractivity contribution in [2.24, 2.45) is 18.1 Å². The van der Waals surface area contributed by atoms with Crippen molar-refractivity contribution >= 4 is 21.5 Å². The van der Waals surface area contributed by atoms with Crippen LogP contribution in [0.5, 0.6) is 0 Å². The molecule has 2 aliphatic rings. The standard InChI is InChI=1S/C15H21N3O5S/c1-4-22-15(19)12-14(24(20,21)5-2)18(3)13(16-12)11-8-10(17-23-11)9-6-7-9/h9,11H,4-8H2,1-3H3. The van der Waals surface area contributed by atoms with Gasteiger partial charge in [0.25, 0.3) is 0 Å². The summed E-state index contributed by atoms with van der Waals surface area (Å²) in [5.74, 6) is -0.0240. The van der Waals surface area contributed by atoms with Crippen LogP contribution in [0.3, 0.4) is 0 Å². The van der Waals surface area contributed by atoms with E-state index in [0.717, 1.165) is 18.6 Å². The number of rotatable bonds is 6. The Bertz CT molecular complexity index is 792. The fourth-order valence-corrected chi connectivity index (χ4v) is 4.01. The predicted octanol–water partition coefficient (Wildman–Crippen LogP) is 1.62. The SMILES string of the molecule is CCOC(=O)c1nc(C2CC(C3CC3)=NO2)n(C)c1S(=O)(=O)CC. The molecule has 1 aliphatic heterocycles. The number of hydrogen-bond acceptors (Lipinski definition) is 7. The van der Waals surface area contributed by atoms with Gasteiger partial charge in [-0.25, -0.2) is 18.2 Å². The number of nitrogens with zero attached hydrogens (tertiary/aromatic N) is 3. The van der Waals surface area contributed by atoms with Crippen molar-refractivity contribution in [3.63, 3.8) is 0 Å². The van der Waals surface area contributed by atoms with Crippen LogP contribution in [0, 0.1) is 5.92 Å². The van der Waals surface area contributed by atoms with E-state index in [9.17, 15) is 13.2 Å². The number of carbonyl (C=O) groups excluding carboxylic acids is 1. The quantitative estimate of drug-likeness (QED) is 0.719. The third-order valence-corrected chi connectivity index (χ3v) is 6.07. The number of sulfone groups is 1. The van der Waals surface area contributed by atoms with Gasteiger partial charge in [0.1, 0.15) is 0 Å². The van der Waals surface area contributed by atoms with E-state index in [2.05, 4.69) is 10.1 Å². The molecule has 1 aromatic rings. The van der Waals surface area contributed by atoms with Crippen LogP contribution in [0.1, 0.15) is 55.5 Å². The van der Waals surface area contributed by atoms with E-state index in [1.807, 2.05) is 0 Å². The van der Waals surface area contributed by atoms with E-state index in [0.29, 0.717) is 18.2 Å². The van der Waals surface area contributed by atoms with Gasteiger partial charge in [0.2, 0.25) is 0 Å². The van der Waals surface area contributed by atoms with Gasteiger partial charge in [-0.2, -0.15) is 0 Å². The van der Waals surface area contributed by atoms with Gasteiger partial charge >= 0.3 is 5.97 Å². The normalized spacial score (nSPS) is 20.6. The second kappa shape index (κ2) is 6.19. The van der Waals surface area contributed by atoms with Crippen LogP contribution in [-0.4, -0.2) is 42.0 Å². The number of aromatic nitrogens is 2. The first-order valence-electron chi connectivity index (χ1n) is 8.08. The van der Waals surface area contributed by atoms with Gasteiger partial charge in [-0.15, -0.1) is 0 Å². The molecule has 3 rings (SSSR count). The van der Waals surface area contributed by atoms with Gasteiger partial charge < -0.3 is 14.1 Å². The number of ether oxygens (including phenoxy) is 1. The molecule has 0 amide bonds. The average molecular weight is 355 g/mol. The third-order valence-electron chi connectivity index (χ3n) is 4.25. The fraction of sp³-hybridized carbons (Fsp3) is 0.667. The van der Waals surface area contributed by atoms with Crippen LogP contribution in [0.4, 0.5) is 0 Å². The molecule has 9 heteroatoms. The summed E-state index contributed by atoms with van der Waals surface area (Å²) in [4.78, 5) is 21.9. The Morgan fingerprint density at radius 2 is 2.08 bits per heavy atom. The van der Waals surface area contributed by atoms with Gasteiger partial charge in [-0.05, 0) is 19.8 Å². The maximum atomic E-state index is 12.4. The summed E-state index contributed by atoms with van der Waals surface area (Å²) < 4.78 is 31.2. The summed E-state index contributed by atoms with van der Waals surface area (Å²) in [5, 5.41) is 3.97. The molecule has 0 N–H and O–H groups in total. The molecule has 1 aromatic heterocycles. The van der Waals surface area contributed by atoms with E-state index >= 15 is 0 Å². The van der Waals surface area contributed by atoms with Crippen molar-refractivity contribution in [1.82, 2.24) is 9.55 Å². The highest BCUT2D eigenvalue weighted by Crippen LogP contribution is 2.39. The van der Waals surface area contributed by atoms with Crippen LogP contribution in [-0.2, 0) is 26.5 Å². The first-order chi connectivity index (χ1) is 11.4. The van der Waals surface area contributed by atoms with Gasteiger partial charge in [0.15, 0.2) is 32.5 Å². The summed E-state index contributed by atoms with van der Waals surface area (Å²) in [6.07, 6.45) is 2.32. The van der Waals surface area contributed by atoms with Gasteiger partial charge in [-0.1, -0.05) is 12.1 Å². The molecule has 0 saturated heterocycles. The highest BCUT2D eigenvalue weighted by atomic mass is 32.2. The molecular formula is C15H21N3O5S. The van der Waals surface area contributed by atoms with Crippen LogP contribution in [0.25, 0.3) is 0 Å². The second-order valence-electron chi connectivity index (χ2n) is 5.96. The van der Waals surface area contributed by atoms with E-state index in [1.54, 1.807) is 14.0 Å². The molecular weight excluding hydrogens is 334 g/mol. The van der Waals surface area contributed by atoms with Crippen molar-refractivity contribution in [2.45, 2.75) is 44.2 Å². The highest BCUT2D eigenvalue weighted by Gasteiger charge is 2.39. The number of oxime groups is 1. The summed E-state index contributed by atoms with van der Waals surface area (Å²) in [6, 6.07) is 0. The molecule has 8 nitrogen and oxygen atoms in total. The zero-order valence-electron chi connectivity index (χ0n) is 14.0. The number of esters is 1. The lowest BCUT2D eigenvalue weighted by molar-refractivity contribution is 0.0513. The lowest BCUT2D eigenvalue weighted by Crippen LogP contribution is -2.16. The molecule has 2 heterocycles. The maximum Gasteiger partial charge on any atom is 0.359 e. The Morgan fingerprint density at radius 3 is 2.67 bits per heavy atom. The Kier molecular flexibility index (Phi) is 4.37. The van der Waals surface area contributed by atoms with Crippen LogP contribution in [0.2, 0.25) is 0 Å². The molecule has 0 bridgehead atoms. The molecule has 24 heavy (non-hydrogen) atoms. The summed E-state index contributed by atoms with van der Waals surface area (Å²) >= 11 is 0. The smallest absolute Gasteiger partial charge is 0.359 e. The minimum Gasteiger partial charge on any atom is -0.461 e. The molecule has 1 aliphatic carbocycles. The Labute approximate surface area is 140 Å². The molecule has 1 fully saturated rings. The van der Waals surface area contributed by atoms with Crippen molar-refractivity contribution in [3.05, 3.63) is 11.5 Å². The Balaban J connectivity index is 1.99. The van der Waals surface area contributed by atoms with Gasteiger partial charge in [0.05, 0.1) is 18.1 Å². The Morgan fingerprint density at radius 1 is 1.38 bits per heavy atom. The number of imidazole rings is 1. The lowest BCUT2D eigenvalue weighted by Gasteiger charge is -2.10. The molecule has 1 saturated carbocycles. The lowest BCUT2D eigenvalue weighted by atomic mass is 10.1. The average Bonchev–Trinajstić information content (AvgIpc) is 3.17. The zero-order valence-corrected chi connectivity index (χ0v) is 14.8. The monoisotopic (exact) mass is 355 g/mol. The largest absolute Gasteiger partial charge is 0.461 e. The summed E-state index contributed by atoms with van der Waals surface area (Å²) in [6.45, 7) is 3.33. The van der Waals surface area contributed by atoms with E-state index in [-0.39, 0.29) is 23.1 Å². The van der Waals surface area contributed by atoms with Crippen LogP contribution < -0.4 is 0 Å². The predicted molar refractivity (Wildman–Crippen MR) is 85.5 cm³/mol. The molecule has 1 atom stereocenters. The maximum absolute atomic E-state index is 12.4. The van der Waals surface area contributed by atoms with Gasteiger partial charge in [0, 0.05) is 19.4 Å². The van der Waals surface area contributed by atoms with Gasteiger partial charge in [-0.3, -0.25) is 0 Å². The zero-order chi connectivity index (χ0) is 17.5. The molecule has 0 spiro atoms. The molecule has 1 unspecified atom stereocenters.